The Bertz CT molecular complexity index is 2180. The summed E-state index contributed by atoms with van der Waals surface area (Å²) in [6.45, 7) is 10.6. The van der Waals surface area contributed by atoms with Gasteiger partial charge in [0.05, 0.1) is 50.4 Å². The third kappa shape index (κ3) is 8.68. The third-order valence-electron chi connectivity index (χ3n) is 12.0. The van der Waals surface area contributed by atoms with Gasteiger partial charge in [-0.3, -0.25) is 19.1 Å². The number of halogens is 1. The quantitative estimate of drug-likeness (QED) is 0.172. The van der Waals surface area contributed by atoms with Crippen LogP contribution in [0.3, 0.4) is 0 Å². The first kappa shape index (κ1) is 40.7. The molecule has 0 aliphatic carbocycles. The van der Waals surface area contributed by atoms with Crippen molar-refractivity contribution >= 4 is 29.4 Å². The average molecular weight is 799 g/mol. The molecule has 5 heterocycles. The molecule has 2 aromatic heterocycles. The van der Waals surface area contributed by atoms with Gasteiger partial charge in [0.25, 0.3) is 11.8 Å². The predicted octanol–water partition coefficient (Wildman–Crippen LogP) is 3.42. The summed E-state index contributed by atoms with van der Waals surface area (Å²) in [5.41, 5.74) is 4.66. The lowest BCUT2D eigenvalue weighted by Gasteiger charge is -2.46. The summed E-state index contributed by atoms with van der Waals surface area (Å²) in [5, 5.41) is 20.2. The molecule has 16 heteroatoms. The Balaban J connectivity index is 0.925. The molecule has 3 fully saturated rings. The Morgan fingerprint density at radius 2 is 1.72 bits per heavy atom. The number of carbonyl (C=O) groups excluding carboxylic acids is 3. The molecular weight excluding hydrogens is 746 g/mol. The molecule has 308 valence electrons. The average Bonchev–Trinajstić information content (AvgIpc) is 3.76. The minimum atomic E-state index is -0.792. The van der Waals surface area contributed by atoms with Gasteiger partial charge in [-0.25, -0.2) is 14.2 Å². The maximum absolute atomic E-state index is 15.5. The molecule has 0 unspecified atom stereocenters. The molecule has 3 aliphatic heterocycles. The van der Waals surface area contributed by atoms with Crippen LogP contribution in [0.1, 0.15) is 45.1 Å². The number of hydrogen-bond acceptors (Lipinski definition) is 8. The number of aliphatic carboxylic acids is 1. The first-order valence-electron chi connectivity index (χ1n) is 20.0. The van der Waals surface area contributed by atoms with Crippen LogP contribution >= 0.6 is 0 Å². The maximum atomic E-state index is 15.5. The number of quaternary nitrogens is 1. The summed E-state index contributed by atoms with van der Waals surface area (Å²) in [6, 6.07) is 10.1. The van der Waals surface area contributed by atoms with Gasteiger partial charge < -0.3 is 39.3 Å². The van der Waals surface area contributed by atoms with Crippen molar-refractivity contribution in [3.63, 3.8) is 0 Å². The number of amides is 3. The molecule has 0 saturated carbocycles. The summed E-state index contributed by atoms with van der Waals surface area (Å²) in [6.07, 6.45) is 4.69. The van der Waals surface area contributed by atoms with Crippen LogP contribution in [0.2, 0.25) is 0 Å². The number of nitrogens with one attached hydrogen (secondary N) is 2. The van der Waals surface area contributed by atoms with Gasteiger partial charge >= 0.3 is 5.97 Å². The van der Waals surface area contributed by atoms with Gasteiger partial charge in [0.1, 0.15) is 5.82 Å². The monoisotopic (exact) mass is 798 g/mol. The number of carbonyl (C=O) groups is 4. The van der Waals surface area contributed by atoms with E-state index in [0.29, 0.717) is 121 Å². The number of ether oxygens (including phenoxy) is 1. The Labute approximate surface area is 337 Å². The molecule has 3 saturated heterocycles. The number of carboxylic acid groups (broad SMARTS) is 1. The van der Waals surface area contributed by atoms with E-state index in [0.717, 1.165) is 19.6 Å². The molecule has 3 N–H and O–H groups in total. The number of aryl methyl sites for hydroxylation is 2. The largest absolute Gasteiger partial charge is 0.477 e. The Morgan fingerprint density at radius 1 is 1.00 bits per heavy atom. The highest BCUT2D eigenvalue weighted by Gasteiger charge is 2.42. The van der Waals surface area contributed by atoms with Crippen molar-refractivity contribution in [2.45, 2.75) is 33.2 Å². The van der Waals surface area contributed by atoms with Crippen LogP contribution in [0.15, 0.2) is 48.8 Å². The fraction of sp³-hybridized carbons (Fsp3) is 0.476. The number of likely N-dealkylation sites (tertiary alicyclic amines) is 1. The van der Waals surface area contributed by atoms with Crippen molar-refractivity contribution in [1.82, 2.24) is 34.4 Å². The Morgan fingerprint density at radius 3 is 2.36 bits per heavy atom. The van der Waals surface area contributed by atoms with Gasteiger partial charge in [-0.2, -0.15) is 5.10 Å². The fourth-order valence-corrected chi connectivity index (χ4v) is 8.67. The van der Waals surface area contributed by atoms with Crippen LogP contribution in [0.25, 0.3) is 22.4 Å². The van der Waals surface area contributed by atoms with Crippen LogP contribution in [0.4, 0.5) is 10.1 Å². The highest BCUT2D eigenvalue weighted by molar-refractivity contribution is 6.03. The van der Waals surface area contributed by atoms with Crippen LogP contribution in [-0.2, 0) is 27.9 Å². The summed E-state index contributed by atoms with van der Waals surface area (Å²) in [5.74, 6) is -1.21. The van der Waals surface area contributed by atoms with E-state index in [-0.39, 0.29) is 30.1 Å². The molecule has 3 aliphatic rings. The number of methoxy groups -OCH3 is 1. The zero-order valence-corrected chi connectivity index (χ0v) is 33.7. The molecule has 4 aromatic rings. The molecule has 2 aromatic carbocycles. The van der Waals surface area contributed by atoms with Gasteiger partial charge in [0, 0.05) is 112 Å². The number of imidazole rings is 1. The number of rotatable bonds is 13. The second-order valence-electron chi connectivity index (χ2n) is 16.0. The van der Waals surface area contributed by atoms with Crippen molar-refractivity contribution in [3.8, 4) is 22.4 Å². The van der Waals surface area contributed by atoms with Gasteiger partial charge in [0.15, 0.2) is 12.4 Å². The SMILES string of the molecule is COCCn1cc(-c2ccc(-c3cnc(C(=O)Nc4ccc(C(=O)N5CCN(C(=O)C6CC[N+](CC(=O)O)(CC7CNC7)CC6)CC5)c(C)c4)n3C)cc2F)c(C)n1. The molecule has 0 spiro atoms. The number of carboxylic acids is 1. The number of piperazine rings is 1. The van der Waals surface area contributed by atoms with E-state index in [1.165, 1.54) is 12.3 Å². The van der Waals surface area contributed by atoms with Crippen LogP contribution < -0.4 is 10.6 Å². The molecule has 0 atom stereocenters. The molecule has 0 bridgehead atoms. The van der Waals surface area contributed by atoms with E-state index in [1.54, 1.807) is 64.8 Å². The van der Waals surface area contributed by atoms with E-state index in [2.05, 4.69) is 20.7 Å². The number of hydrogen-bond donors (Lipinski definition) is 3. The molecule has 3 amide bonds. The Kier molecular flexibility index (Phi) is 12.1. The zero-order valence-electron chi connectivity index (χ0n) is 33.7. The normalized spacial score (nSPS) is 19.8. The Hall–Kier alpha value is -5.45. The first-order chi connectivity index (χ1) is 27.8. The van der Waals surface area contributed by atoms with Crippen LogP contribution in [0, 0.1) is 31.5 Å². The van der Waals surface area contributed by atoms with Gasteiger partial charge in [0.2, 0.25) is 5.91 Å². The lowest BCUT2D eigenvalue weighted by Crippen LogP contribution is -2.62. The number of aromatic nitrogens is 4. The number of nitrogens with zero attached hydrogens (tertiary/aromatic N) is 7. The van der Waals surface area contributed by atoms with E-state index in [1.807, 2.05) is 18.7 Å². The third-order valence-corrected chi connectivity index (χ3v) is 12.0. The standard InChI is InChI=1S/C42H52FN9O6/c1-27-19-32(46-40(55)39-45-23-37(48(39)3)31-5-7-34(36(43)20-31)35-24-51(15-18-58-4)47-28(35)2)6-8-33(27)42(57)50-13-11-49(12-14-50)41(56)30-9-16-52(17-10-30,26-38(53)54)25-29-21-44-22-29/h5-8,19-20,23-24,29-30,44H,9-18,21-22,25-26H2,1-4H3,(H-,46,53,54,55,57)/p+1. The topological polar surface area (TPSA) is 164 Å². The summed E-state index contributed by atoms with van der Waals surface area (Å²) in [7, 11) is 3.32. The first-order valence-corrected chi connectivity index (χ1v) is 20.0. The second-order valence-corrected chi connectivity index (χ2v) is 16.0. The maximum Gasteiger partial charge on any atom is 0.359 e. The summed E-state index contributed by atoms with van der Waals surface area (Å²) < 4.78 is 24.5. The highest BCUT2D eigenvalue weighted by Crippen LogP contribution is 2.31. The molecule has 15 nitrogen and oxygen atoms in total. The number of anilines is 1. The molecule has 7 rings (SSSR count). The molecule has 58 heavy (non-hydrogen) atoms. The van der Waals surface area contributed by atoms with Crippen molar-refractivity contribution in [2.24, 2.45) is 18.9 Å². The minimum absolute atomic E-state index is 0.0974. The fourth-order valence-electron chi connectivity index (χ4n) is 8.67. The summed E-state index contributed by atoms with van der Waals surface area (Å²) >= 11 is 0. The second kappa shape index (κ2) is 17.2. The van der Waals surface area contributed by atoms with Crippen molar-refractivity contribution in [2.75, 3.05) is 84.5 Å². The zero-order chi connectivity index (χ0) is 41.1. The molecular formula is C42H53FN9O6+. The van der Waals surface area contributed by atoms with E-state index >= 15 is 4.39 Å². The van der Waals surface area contributed by atoms with Gasteiger partial charge in [-0.15, -0.1) is 0 Å². The minimum Gasteiger partial charge on any atom is -0.477 e. The van der Waals surface area contributed by atoms with E-state index in [4.69, 9.17) is 4.74 Å². The predicted molar refractivity (Wildman–Crippen MR) is 214 cm³/mol. The number of piperidine rings is 1. The molecule has 0 radical (unpaired) electrons. The van der Waals surface area contributed by atoms with E-state index in [9.17, 15) is 24.3 Å². The van der Waals surface area contributed by atoms with Crippen molar-refractivity contribution in [3.05, 3.63) is 77.3 Å². The van der Waals surface area contributed by atoms with Crippen LogP contribution in [0.5, 0.6) is 0 Å². The lowest BCUT2D eigenvalue weighted by molar-refractivity contribution is -0.929. The summed E-state index contributed by atoms with van der Waals surface area (Å²) in [4.78, 5) is 60.2. The smallest absolute Gasteiger partial charge is 0.359 e. The van der Waals surface area contributed by atoms with Crippen LogP contribution in [-0.4, -0.2) is 142 Å². The van der Waals surface area contributed by atoms with Crippen molar-refractivity contribution < 1.29 is 37.9 Å². The van der Waals surface area contributed by atoms with Gasteiger partial charge in [-0.1, -0.05) is 12.1 Å². The van der Waals surface area contributed by atoms with Crippen molar-refractivity contribution in [1.29, 1.82) is 0 Å². The van der Waals surface area contributed by atoms with Gasteiger partial charge in [-0.05, 0) is 43.7 Å². The highest BCUT2D eigenvalue weighted by atomic mass is 19.1. The lowest BCUT2D eigenvalue weighted by atomic mass is 9.90. The van der Waals surface area contributed by atoms with E-state index < -0.39 is 17.7 Å². The number of benzene rings is 2.